The first-order valence-electron chi connectivity index (χ1n) is 8.93. The lowest BCUT2D eigenvalue weighted by Gasteiger charge is -2.22. The van der Waals surface area contributed by atoms with Gasteiger partial charge in [0.1, 0.15) is 6.61 Å². The van der Waals surface area contributed by atoms with Crippen molar-refractivity contribution >= 4 is 42.1 Å². The second-order valence-electron chi connectivity index (χ2n) is 6.39. The normalized spacial score (nSPS) is 15.7. The predicted octanol–water partition coefficient (Wildman–Crippen LogP) is 3.69. The van der Waals surface area contributed by atoms with Gasteiger partial charge in [-0.1, -0.05) is 0 Å². The summed E-state index contributed by atoms with van der Waals surface area (Å²) in [4.78, 5) is 16.6. The van der Waals surface area contributed by atoms with E-state index in [1.807, 2.05) is 5.38 Å². The molecule has 0 saturated carbocycles. The third-order valence-corrected chi connectivity index (χ3v) is 5.16. The van der Waals surface area contributed by atoms with Crippen LogP contribution in [0.4, 0.5) is 0 Å². The van der Waals surface area contributed by atoms with Gasteiger partial charge in [-0.05, 0) is 56.5 Å². The number of ether oxygens (including phenoxy) is 2. The van der Waals surface area contributed by atoms with Gasteiger partial charge in [-0.15, -0.1) is 36.2 Å². The fourth-order valence-electron chi connectivity index (χ4n) is 3.05. The van der Waals surface area contributed by atoms with Gasteiger partial charge in [0, 0.05) is 17.5 Å². The van der Waals surface area contributed by atoms with Crippen molar-refractivity contribution in [3.63, 3.8) is 0 Å². The number of hydrogen-bond donors (Lipinski definition) is 2. The Morgan fingerprint density at radius 3 is 2.89 bits per heavy atom. The molecule has 28 heavy (non-hydrogen) atoms. The van der Waals surface area contributed by atoms with Gasteiger partial charge in [0.25, 0.3) is 5.91 Å². The fraction of sp³-hybridized carbons (Fsp3) is 0.474. The molecule has 3 rings (SSSR count). The van der Waals surface area contributed by atoms with Gasteiger partial charge in [0.2, 0.25) is 0 Å². The first kappa shape index (κ1) is 24.5. The van der Waals surface area contributed by atoms with E-state index in [1.54, 1.807) is 30.8 Å². The van der Waals surface area contributed by atoms with Crippen molar-refractivity contribution < 1.29 is 14.3 Å². The Morgan fingerprint density at radius 2 is 2.21 bits per heavy atom. The Bertz CT molecular complexity index is 710. The minimum Gasteiger partial charge on any atom is -0.493 e. The molecule has 9 heteroatoms. The molecule has 2 heterocycles. The zero-order valence-corrected chi connectivity index (χ0v) is 18.3. The number of nitrogens with zero attached hydrogens (tertiary/aromatic N) is 1. The Labute approximate surface area is 182 Å². The number of aromatic nitrogens is 1. The van der Waals surface area contributed by atoms with Gasteiger partial charge in [-0.25, -0.2) is 4.98 Å². The molecule has 1 unspecified atom stereocenters. The highest BCUT2D eigenvalue weighted by atomic mass is 35.5. The molecule has 2 N–H and O–H groups in total. The lowest BCUT2D eigenvalue weighted by atomic mass is 9.96. The summed E-state index contributed by atoms with van der Waals surface area (Å²) in [7, 11) is 1.57. The number of hydrogen-bond acceptors (Lipinski definition) is 6. The highest BCUT2D eigenvalue weighted by molar-refractivity contribution is 7.07. The minimum absolute atomic E-state index is 0. The summed E-state index contributed by atoms with van der Waals surface area (Å²) in [5.74, 6) is 1.72. The Kier molecular flexibility index (Phi) is 11.2. The molecular formula is C19H27Cl2N3O3S. The van der Waals surface area contributed by atoms with Crippen molar-refractivity contribution in [2.24, 2.45) is 5.92 Å². The summed E-state index contributed by atoms with van der Waals surface area (Å²) in [5.41, 5.74) is 3.22. The number of carbonyl (C=O) groups is 1. The van der Waals surface area contributed by atoms with Crippen molar-refractivity contribution in [1.29, 1.82) is 0 Å². The van der Waals surface area contributed by atoms with Crippen LogP contribution in [-0.2, 0) is 6.61 Å². The Balaban J connectivity index is 0.00000196. The van der Waals surface area contributed by atoms with Crippen LogP contribution < -0.4 is 20.1 Å². The second kappa shape index (κ2) is 12.8. The zero-order chi connectivity index (χ0) is 18.2. The molecule has 1 amide bonds. The van der Waals surface area contributed by atoms with Crippen molar-refractivity contribution in [2.75, 3.05) is 26.7 Å². The van der Waals surface area contributed by atoms with Crippen LogP contribution in [0.2, 0.25) is 0 Å². The standard InChI is InChI=1S/C19H25N3O3S.2ClH/c1-24-18-9-15(4-5-17(18)25-11-16-12-26-13-22-16)19(23)21-8-6-14-3-2-7-20-10-14;;/h4-5,9,12-14,20H,2-3,6-8,10-11H2,1H3,(H,21,23);2*1H. The molecule has 1 aromatic heterocycles. The van der Waals surface area contributed by atoms with Gasteiger partial charge in [-0.2, -0.15) is 0 Å². The van der Waals surface area contributed by atoms with E-state index in [2.05, 4.69) is 15.6 Å². The molecule has 156 valence electrons. The van der Waals surface area contributed by atoms with E-state index in [1.165, 1.54) is 24.2 Å². The van der Waals surface area contributed by atoms with Crippen molar-refractivity contribution in [2.45, 2.75) is 25.9 Å². The van der Waals surface area contributed by atoms with Crippen LogP contribution in [0, 0.1) is 5.92 Å². The molecule has 1 atom stereocenters. The number of piperidine rings is 1. The maximum absolute atomic E-state index is 12.4. The summed E-state index contributed by atoms with van der Waals surface area (Å²) in [6.45, 7) is 3.23. The number of benzene rings is 1. The van der Waals surface area contributed by atoms with E-state index in [-0.39, 0.29) is 30.7 Å². The smallest absolute Gasteiger partial charge is 0.251 e. The fourth-order valence-corrected chi connectivity index (χ4v) is 3.59. The van der Waals surface area contributed by atoms with Crippen LogP contribution in [0.25, 0.3) is 0 Å². The number of halogens is 2. The zero-order valence-electron chi connectivity index (χ0n) is 15.8. The highest BCUT2D eigenvalue weighted by Crippen LogP contribution is 2.29. The molecule has 1 saturated heterocycles. The molecule has 0 spiro atoms. The first-order valence-corrected chi connectivity index (χ1v) is 9.87. The van der Waals surface area contributed by atoms with E-state index in [9.17, 15) is 4.79 Å². The highest BCUT2D eigenvalue weighted by Gasteiger charge is 2.14. The SMILES string of the molecule is COc1cc(C(=O)NCCC2CCCNC2)ccc1OCc1cscn1.Cl.Cl. The maximum atomic E-state index is 12.4. The Hall–Kier alpha value is -1.54. The number of rotatable bonds is 8. The largest absolute Gasteiger partial charge is 0.493 e. The van der Waals surface area contributed by atoms with E-state index in [0.717, 1.165) is 25.2 Å². The molecule has 0 bridgehead atoms. The number of thiazole rings is 1. The minimum atomic E-state index is -0.0851. The first-order chi connectivity index (χ1) is 12.8. The van der Waals surface area contributed by atoms with Crippen molar-refractivity contribution in [1.82, 2.24) is 15.6 Å². The summed E-state index contributed by atoms with van der Waals surface area (Å²) >= 11 is 1.53. The van der Waals surface area contributed by atoms with E-state index in [0.29, 0.717) is 36.1 Å². The van der Waals surface area contributed by atoms with Gasteiger partial charge < -0.3 is 20.1 Å². The number of amides is 1. The molecule has 1 aliphatic rings. The van der Waals surface area contributed by atoms with Crippen molar-refractivity contribution in [3.05, 3.63) is 40.3 Å². The topological polar surface area (TPSA) is 72.5 Å². The molecule has 2 aromatic rings. The van der Waals surface area contributed by atoms with Crippen LogP contribution in [0.3, 0.4) is 0 Å². The summed E-state index contributed by atoms with van der Waals surface area (Å²) < 4.78 is 11.1. The van der Waals surface area contributed by atoms with Gasteiger partial charge in [0.15, 0.2) is 11.5 Å². The average Bonchev–Trinajstić information content (AvgIpc) is 3.20. The second-order valence-corrected chi connectivity index (χ2v) is 7.11. The van der Waals surface area contributed by atoms with Crippen LogP contribution in [0.5, 0.6) is 11.5 Å². The lowest BCUT2D eigenvalue weighted by Crippen LogP contribution is -2.33. The van der Waals surface area contributed by atoms with Gasteiger partial charge in [0.05, 0.1) is 18.3 Å². The molecule has 1 fully saturated rings. The maximum Gasteiger partial charge on any atom is 0.251 e. The monoisotopic (exact) mass is 447 g/mol. The third kappa shape index (κ3) is 7.13. The molecule has 0 aliphatic carbocycles. The summed E-state index contributed by atoms with van der Waals surface area (Å²) in [6.07, 6.45) is 3.46. The van der Waals surface area contributed by atoms with E-state index < -0.39 is 0 Å². The van der Waals surface area contributed by atoms with Crippen LogP contribution in [0.1, 0.15) is 35.3 Å². The summed E-state index contributed by atoms with van der Waals surface area (Å²) in [6, 6.07) is 5.25. The molecule has 1 aliphatic heterocycles. The molecule has 6 nitrogen and oxygen atoms in total. The Morgan fingerprint density at radius 1 is 1.36 bits per heavy atom. The summed E-state index contributed by atoms with van der Waals surface area (Å²) in [5, 5.41) is 8.34. The van der Waals surface area contributed by atoms with Gasteiger partial charge >= 0.3 is 0 Å². The number of methoxy groups -OCH3 is 1. The quantitative estimate of drug-likeness (QED) is 0.645. The van der Waals surface area contributed by atoms with Gasteiger partial charge in [-0.3, -0.25) is 4.79 Å². The average molecular weight is 448 g/mol. The third-order valence-electron chi connectivity index (χ3n) is 4.52. The van der Waals surface area contributed by atoms with E-state index >= 15 is 0 Å². The van der Waals surface area contributed by atoms with Crippen LogP contribution in [0.15, 0.2) is 29.1 Å². The van der Waals surface area contributed by atoms with Crippen LogP contribution in [-0.4, -0.2) is 37.6 Å². The lowest BCUT2D eigenvalue weighted by molar-refractivity contribution is 0.0950. The number of nitrogens with one attached hydrogen (secondary N) is 2. The van der Waals surface area contributed by atoms with Crippen molar-refractivity contribution in [3.8, 4) is 11.5 Å². The number of carbonyl (C=O) groups excluding carboxylic acids is 1. The van der Waals surface area contributed by atoms with E-state index in [4.69, 9.17) is 9.47 Å². The molecule has 1 aromatic carbocycles. The molecule has 0 radical (unpaired) electrons. The van der Waals surface area contributed by atoms with Crippen LogP contribution >= 0.6 is 36.2 Å². The predicted molar refractivity (Wildman–Crippen MR) is 116 cm³/mol. The molecular weight excluding hydrogens is 421 g/mol.